The molecule has 92 valence electrons. The van der Waals surface area contributed by atoms with Crippen LogP contribution in [0.15, 0.2) is 59.5 Å². The van der Waals surface area contributed by atoms with Gasteiger partial charge in [0.1, 0.15) is 11.5 Å². The molecule has 0 aliphatic carbocycles. The van der Waals surface area contributed by atoms with Gasteiger partial charge in [-0.2, -0.15) is 0 Å². The number of hydrogen-bond acceptors (Lipinski definition) is 3. The van der Waals surface area contributed by atoms with Crippen molar-refractivity contribution in [2.24, 2.45) is 0 Å². The van der Waals surface area contributed by atoms with Crippen LogP contribution >= 0.6 is 0 Å². The van der Waals surface area contributed by atoms with Crippen molar-refractivity contribution in [1.29, 1.82) is 0 Å². The van der Waals surface area contributed by atoms with E-state index in [4.69, 9.17) is 0 Å². The third-order valence-corrected chi connectivity index (χ3v) is 2.82. The molecule has 0 fully saturated rings. The second-order valence-electron chi connectivity index (χ2n) is 4.06. The Kier molecular flexibility index (Phi) is 2.76. The summed E-state index contributed by atoms with van der Waals surface area (Å²) in [5.74, 6) is -0.482. The van der Waals surface area contributed by atoms with Crippen molar-refractivity contribution in [3.05, 3.63) is 70.9 Å². The SMILES string of the molecule is O=c1nc2ccccc2cnc1-c1ccccc1F. The summed E-state index contributed by atoms with van der Waals surface area (Å²) in [6.07, 6.45) is 1.53. The van der Waals surface area contributed by atoms with E-state index in [-0.39, 0.29) is 11.3 Å². The average molecular weight is 252 g/mol. The minimum atomic E-state index is -0.536. The molecular weight excluding hydrogens is 243 g/mol. The van der Waals surface area contributed by atoms with Crippen molar-refractivity contribution < 1.29 is 4.39 Å². The Hall–Kier alpha value is -2.62. The molecule has 0 amide bonds. The summed E-state index contributed by atoms with van der Waals surface area (Å²) >= 11 is 0. The monoisotopic (exact) mass is 252 g/mol. The van der Waals surface area contributed by atoms with Gasteiger partial charge in [0, 0.05) is 17.1 Å². The molecule has 3 nitrogen and oxygen atoms in total. The molecule has 0 aliphatic rings. The first-order valence-electron chi connectivity index (χ1n) is 5.77. The van der Waals surface area contributed by atoms with Crippen molar-refractivity contribution >= 4 is 10.9 Å². The van der Waals surface area contributed by atoms with Crippen LogP contribution in [-0.2, 0) is 0 Å². The summed E-state index contributed by atoms with van der Waals surface area (Å²) in [5.41, 5.74) is 0.198. The molecule has 0 radical (unpaired) electrons. The first-order chi connectivity index (χ1) is 9.25. The van der Waals surface area contributed by atoms with Crippen LogP contribution in [0.3, 0.4) is 0 Å². The molecule has 3 aromatic rings. The van der Waals surface area contributed by atoms with Crippen LogP contribution in [0.25, 0.3) is 22.2 Å². The lowest BCUT2D eigenvalue weighted by atomic mass is 10.1. The van der Waals surface area contributed by atoms with Gasteiger partial charge in [-0.1, -0.05) is 30.3 Å². The van der Waals surface area contributed by atoms with E-state index in [1.54, 1.807) is 30.3 Å². The zero-order chi connectivity index (χ0) is 13.2. The Morgan fingerprint density at radius 1 is 0.947 bits per heavy atom. The van der Waals surface area contributed by atoms with Gasteiger partial charge >= 0.3 is 0 Å². The zero-order valence-electron chi connectivity index (χ0n) is 9.88. The Labute approximate surface area is 108 Å². The minimum absolute atomic E-state index is 0.0225. The topological polar surface area (TPSA) is 42.9 Å². The molecule has 0 saturated heterocycles. The molecule has 0 atom stereocenters. The number of halogens is 1. The molecule has 4 heteroatoms. The van der Waals surface area contributed by atoms with Gasteiger partial charge in [-0.25, -0.2) is 14.4 Å². The fourth-order valence-corrected chi connectivity index (χ4v) is 1.89. The number of para-hydroxylation sites is 1. The molecule has 2 aromatic carbocycles. The van der Waals surface area contributed by atoms with Crippen molar-refractivity contribution in [1.82, 2.24) is 9.97 Å². The lowest BCUT2D eigenvalue weighted by molar-refractivity contribution is 0.630. The Balaban J connectivity index is 2.35. The normalized spacial score (nSPS) is 10.6. The predicted molar refractivity (Wildman–Crippen MR) is 71.2 cm³/mol. The van der Waals surface area contributed by atoms with E-state index in [1.165, 1.54) is 18.3 Å². The molecule has 19 heavy (non-hydrogen) atoms. The molecule has 0 aliphatic heterocycles. The molecule has 1 heterocycles. The molecule has 0 saturated carbocycles. The first kappa shape index (κ1) is 11.5. The Morgan fingerprint density at radius 3 is 2.53 bits per heavy atom. The van der Waals surface area contributed by atoms with Crippen molar-refractivity contribution in [2.45, 2.75) is 0 Å². The molecule has 1 aromatic heterocycles. The Morgan fingerprint density at radius 2 is 1.68 bits per heavy atom. The van der Waals surface area contributed by atoms with Gasteiger partial charge in [-0.3, -0.25) is 4.79 Å². The van der Waals surface area contributed by atoms with Gasteiger partial charge in [0.2, 0.25) is 0 Å². The lowest BCUT2D eigenvalue weighted by Gasteiger charge is -1.97. The second kappa shape index (κ2) is 4.57. The summed E-state index contributed by atoms with van der Waals surface area (Å²) in [5, 5.41) is 0.738. The van der Waals surface area contributed by atoms with Crippen LogP contribution in [0.5, 0.6) is 0 Å². The van der Waals surface area contributed by atoms with E-state index in [9.17, 15) is 9.18 Å². The summed E-state index contributed by atoms with van der Waals surface area (Å²) in [6, 6.07) is 13.2. The fraction of sp³-hybridized carbons (Fsp3) is 0. The molecule has 0 N–H and O–H groups in total. The number of aromatic nitrogens is 2. The van der Waals surface area contributed by atoms with Crippen molar-refractivity contribution in [3.63, 3.8) is 0 Å². The van der Waals surface area contributed by atoms with Crippen molar-refractivity contribution in [2.75, 3.05) is 0 Å². The number of fused-ring (bicyclic) bond motifs is 1. The highest BCUT2D eigenvalue weighted by molar-refractivity contribution is 5.77. The Bertz CT molecular complexity index is 818. The van der Waals surface area contributed by atoms with E-state index in [0.29, 0.717) is 5.52 Å². The smallest absolute Gasteiger partial charge is 0.265 e. The lowest BCUT2D eigenvalue weighted by Crippen LogP contribution is -2.07. The van der Waals surface area contributed by atoms with E-state index in [1.807, 2.05) is 6.07 Å². The van der Waals surface area contributed by atoms with Crippen LogP contribution in [-0.4, -0.2) is 9.97 Å². The van der Waals surface area contributed by atoms with Crippen LogP contribution in [0.4, 0.5) is 4.39 Å². The molecule has 0 unspecified atom stereocenters. The summed E-state index contributed by atoms with van der Waals surface area (Å²) in [6.45, 7) is 0. The minimum Gasteiger partial charge on any atom is -0.265 e. The van der Waals surface area contributed by atoms with Gasteiger partial charge < -0.3 is 0 Å². The predicted octanol–water partition coefficient (Wildman–Crippen LogP) is 2.80. The summed E-state index contributed by atoms with van der Waals surface area (Å²) in [7, 11) is 0. The van der Waals surface area contributed by atoms with Crippen LogP contribution in [0.2, 0.25) is 0 Å². The molecule has 0 bridgehead atoms. The number of benzene rings is 2. The third-order valence-electron chi connectivity index (χ3n) is 2.82. The van der Waals surface area contributed by atoms with E-state index >= 15 is 0 Å². The van der Waals surface area contributed by atoms with E-state index in [2.05, 4.69) is 9.97 Å². The van der Waals surface area contributed by atoms with E-state index < -0.39 is 11.4 Å². The van der Waals surface area contributed by atoms with Crippen LogP contribution in [0.1, 0.15) is 0 Å². The highest BCUT2D eigenvalue weighted by Crippen LogP contribution is 2.17. The number of hydrogen-bond donors (Lipinski definition) is 0. The second-order valence-corrected chi connectivity index (χ2v) is 4.06. The van der Waals surface area contributed by atoms with Gasteiger partial charge in [0.25, 0.3) is 5.56 Å². The van der Waals surface area contributed by atoms with Gasteiger partial charge in [0.15, 0.2) is 0 Å². The van der Waals surface area contributed by atoms with E-state index in [0.717, 1.165) is 5.39 Å². The molecular formula is C15H9FN2O. The van der Waals surface area contributed by atoms with Gasteiger partial charge in [0.05, 0.1) is 5.52 Å². The van der Waals surface area contributed by atoms with Gasteiger partial charge in [-0.05, 0) is 18.2 Å². The summed E-state index contributed by atoms with van der Waals surface area (Å²) in [4.78, 5) is 20.1. The summed E-state index contributed by atoms with van der Waals surface area (Å²) < 4.78 is 13.7. The number of nitrogens with zero attached hydrogens (tertiary/aromatic N) is 2. The third kappa shape index (κ3) is 2.08. The van der Waals surface area contributed by atoms with Crippen LogP contribution < -0.4 is 5.56 Å². The highest BCUT2D eigenvalue weighted by Gasteiger charge is 2.09. The highest BCUT2D eigenvalue weighted by atomic mass is 19.1. The number of rotatable bonds is 1. The zero-order valence-corrected chi connectivity index (χ0v) is 9.88. The standard InChI is InChI=1S/C15H9FN2O/c16-12-7-3-2-6-11(12)14-15(19)18-13-8-4-1-5-10(13)9-17-14/h1-9H. The molecule has 0 spiro atoms. The first-order valence-corrected chi connectivity index (χ1v) is 5.77. The maximum atomic E-state index is 13.7. The van der Waals surface area contributed by atoms with Gasteiger partial charge in [-0.15, -0.1) is 0 Å². The maximum Gasteiger partial charge on any atom is 0.296 e. The van der Waals surface area contributed by atoms with Crippen molar-refractivity contribution in [3.8, 4) is 11.3 Å². The van der Waals surface area contributed by atoms with Crippen LogP contribution in [0, 0.1) is 5.82 Å². The average Bonchev–Trinajstić information content (AvgIpc) is 2.58. The molecule has 3 rings (SSSR count). The maximum absolute atomic E-state index is 13.7. The largest absolute Gasteiger partial charge is 0.296 e. The fourth-order valence-electron chi connectivity index (χ4n) is 1.89. The quantitative estimate of drug-likeness (QED) is 0.668.